The fourth-order valence-electron chi connectivity index (χ4n) is 1.88. The molecule has 0 aliphatic rings. The predicted octanol–water partition coefficient (Wildman–Crippen LogP) is 4.23. The van der Waals surface area contributed by atoms with Gasteiger partial charge in [-0.2, -0.15) is 4.98 Å². The summed E-state index contributed by atoms with van der Waals surface area (Å²) in [6.45, 7) is 1.83. The van der Waals surface area contributed by atoms with Gasteiger partial charge in [-0.05, 0) is 52.0 Å². The number of fused-ring (bicyclic) bond motifs is 1. The van der Waals surface area contributed by atoms with Crippen LogP contribution in [-0.2, 0) is 0 Å². The van der Waals surface area contributed by atoms with Crippen molar-refractivity contribution in [1.82, 2.24) is 9.97 Å². The van der Waals surface area contributed by atoms with Crippen LogP contribution in [0.3, 0.4) is 0 Å². The largest absolute Gasteiger partial charge is 0.368 e. The molecule has 0 bridgehead atoms. The predicted molar refractivity (Wildman–Crippen MR) is 83.9 cm³/mol. The standard InChI is InChI=1S/C13H10BrFN4S/c1-6-4-9(15)8(14)5-10(6)17-11-7-2-3-20-12(7)19-13(16)18-11/h2-5H,1H3,(H3,16,17,18,19). The van der Waals surface area contributed by atoms with E-state index in [9.17, 15) is 4.39 Å². The van der Waals surface area contributed by atoms with Crippen molar-refractivity contribution >= 4 is 54.9 Å². The molecular formula is C13H10BrFN4S. The van der Waals surface area contributed by atoms with E-state index in [0.717, 1.165) is 21.5 Å². The van der Waals surface area contributed by atoms with Crippen LogP contribution in [0.5, 0.6) is 0 Å². The van der Waals surface area contributed by atoms with Crippen LogP contribution in [0.15, 0.2) is 28.1 Å². The summed E-state index contributed by atoms with van der Waals surface area (Å²) < 4.78 is 13.8. The van der Waals surface area contributed by atoms with E-state index in [2.05, 4.69) is 31.2 Å². The molecule has 0 spiro atoms. The number of nitrogens with one attached hydrogen (secondary N) is 1. The molecule has 2 heterocycles. The maximum absolute atomic E-state index is 13.4. The van der Waals surface area contributed by atoms with Crippen LogP contribution in [0.2, 0.25) is 0 Å². The fourth-order valence-corrected chi connectivity index (χ4v) is 2.99. The smallest absolute Gasteiger partial charge is 0.223 e. The minimum atomic E-state index is -0.295. The Balaban J connectivity index is 2.09. The number of hydrogen-bond acceptors (Lipinski definition) is 5. The molecule has 0 fully saturated rings. The molecule has 0 radical (unpaired) electrons. The van der Waals surface area contributed by atoms with Gasteiger partial charge in [0.1, 0.15) is 16.5 Å². The van der Waals surface area contributed by atoms with Gasteiger partial charge in [-0.3, -0.25) is 0 Å². The van der Waals surface area contributed by atoms with Gasteiger partial charge in [0.05, 0.1) is 9.86 Å². The summed E-state index contributed by atoms with van der Waals surface area (Å²) in [4.78, 5) is 9.20. The SMILES string of the molecule is Cc1cc(F)c(Br)cc1Nc1nc(N)nc2sccc12. The Morgan fingerprint density at radius 2 is 2.15 bits per heavy atom. The Bertz CT molecular complexity index is 802. The summed E-state index contributed by atoms with van der Waals surface area (Å²) in [5, 5.41) is 6.01. The first kappa shape index (κ1) is 13.3. The van der Waals surface area contributed by atoms with Gasteiger partial charge in [0, 0.05) is 5.69 Å². The Morgan fingerprint density at radius 3 is 2.95 bits per heavy atom. The Morgan fingerprint density at radius 1 is 1.35 bits per heavy atom. The minimum absolute atomic E-state index is 0.210. The molecular weight excluding hydrogens is 343 g/mol. The third-order valence-corrected chi connectivity index (χ3v) is 4.28. The van der Waals surface area contributed by atoms with Gasteiger partial charge in [-0.1, -0.05) is 0 Å². The Kier molecular flexibility index (Phi) is 3.31. The zero-order valence-corrected chi connectivity index (χ0v) is 12.8. The summed E-state index contributed by atoms with van der Waals surface area (Å²) in [5.41, 5.74) is 7.26. The van der Waals surface area contributed by atoms with Crippen LogP contribution in [0.1, 0.15) is 5.56 Å². The fraction of sp³-hybridized carbons (Fsp3) is 0.0769. The summed E-state index contributed by atoms with van der Waals surface area (Å²) >= 11 is 4.68. The number of nitrogens with zero attached hydrogens (tertiary/aromatic N) is 2. The van der Waals surface area contributed by atoms with E-state index in [1.807, 2.05) is 18.4 Å². The topological polar surface area (TPSA) is 63.8 Å². The molecule has 0 saturated heterocycles. The van der Waals surface area contributed by atoms with E-state index in [4.69, 9.17) is 5.73 Å². The number of rotatable bonds is 2. The summed E-state index contributed by atoms with van der Waals surface area (Å²) in [7, 11) is 0. The van der Waals surface area contributed by atoms with Gasteiger partial charge < -0.3 is 11.1 Å². The second kappa shape index (κ2) is 4.99. The lowest BCUT2D eigenvalue weighted by Crippen LogP contribution is -2.01. The number of halogens is 2. The highest BCUT2D eigenvalue weighted by molar-refractivity contribution is 9.10. The van der Waals surface area contributed by atoms with E-state index in [-0.39, 0.29) is 11.8 Å². The van der Waals surface area contributed by atoms with Crippen molar-refractivity contribution in [2.75, 3.05) is 11.1 Å². The van der Waals surface area contributed by atoms with Crippen LogP contribution in [0.25, 0.3) is 10.2 Å². The van der Waals surface area contributed by atoms with Crippen LogP contribution >= 0.6 is 27.3 Å². The van der Waals surface area contributed by atoms with E-state index >= 15 is 0 Å². The van der Waals surface area contributed by atoms with Gasteiger partial charge in [-0.25, -0.2) is 9.37 Å². The summed E-state index contributed by atoms with van der Waals surface area (Å²) in [5.74, 6) is 0.535. The zero-order chi connectivity index (χ0) is 14.3. The number of aromatic nitrogens is 2. The van der Waals surface area contributed by atoms with Crippen LogP contribution in [0, 0.1) is 12.7 Å². The normalized spacial score (nSPS) is 10.9. The molecule has 7 heteroatoms. The lowest BCUT2D eigenvalue weighted by molar-refractivity contribution is 0.620. The molecule has 0 aliphatic heterocycles. The molecule has 2 aromatic heterocycles. The number of nitrogens with two attached hydrogens (primary N) is 1. The minimum Gasteiger partial charge on any atom is -0.368 e. The van der Waals surface area contributed by atoms with Gasteiger partial charge in [-0.15, -0.1) is 11.3 Å². The number of thiophene rings is 1. The first-order valence-corrected chi connectivity index (χ1v) is 7.45. The van der Waals surface area contributed by atoms with Crippen molar-refractivity contribution in [2.24, 2.45) is 0 Å². The molecule has 0 saturated carbocycles. The molecule has 3 rings (SSSR count). The molecule has 102 valence electrons. The van der Waals surface area contributed by atoms with E-state index < -0.39 is 0 Å². The van der Waals surface area contributed by atoms with Crippen molar-refractivity contribution in [3.8, 4) is 0 Å². The lowest BCUT2D eigenvalue weighted by Gasteiger charge is -2.11. The molecule has 20 heavy (non-hydrogen) atoms. The van der Waals surface area contributed by atoms with Crippen LogP contribution < -0.4 is 11.1 Å². The molecule has 3 aromatic rings. The molecule has 3 N–H and O–H groups in total. The van der Waals surface area contributed by atoms with Crippen molar-refractivity contribution in [3.05, 3.63) is 39.4 Å². The zero-order valence-electron chi connectivity index (χ0n) is 10.4. The van der Waals surface area contributed by atoms with Crippen molar-refractivity contribution in [2.45, 2.75) is 6.92 Å². The Labute approximate surface area is 127 Å². The maximum Gasteiger partial charge on any atom is 0.223 e. The molecule has 0 amide bonds. The van der Waals surface area contributed by atoms with E-state index in [0.29, 0.717) is 10.3 Å². The molecule has 4 nitrogen and oxygen atoms in total. The quantitative estimate of drug-likeness (QED) is 0.724. The van der Waals surface area contributed by atoms with Crippen molar-refractivity contribution in [3.63, 3.8) is 0 Å². The molecule has 0 unspecified atom stereocenters. The van der Waals surface area contributed by atoms with Gasteiger partial charge >= 0.3 is 0 Å². The molecule has 1 aromatic carbocycles. The highest BCUT2D eigenvalue weighted by Crippen LogP contribution is 2.31. The van der Waals surface area contributed by atoms with Crippen LogP contribution in [0.4, 0.5) is 21.8 Å². The number of anilines is 3. The van der Waals surface area contributed by atoms with E-state index in [1.54, 1.807) is 6.07 Å². The number of nitrogen functional groups attached to an aromatic ring is 1. The molecule has 0 aliphatic carbocycles. The summed E-state index contributed by atoms with van der Waals surface area (Å²) in [6, 6.07) is 5.07. The van der Waals surface area contributed by atoms with Gasteiger partial charge in [0.2, 0.25) is 5.95 Å². The first-order valence-electron chi connectivity index (χ1n) is 5.78. The third kappa shape index (κ3) is 2.34. The van der Waals surface area contributed by atoms with E-state index in [1.165, 1.54) is 17.4 Å². The lowest BCUT2D eigenvalue weighted by atomic mass is 10.2. The maximum atomic E-state index is 13.4. The first-order chi connectivity index (χ1) is 9.54. The average Bonchev–Trinajstić information content (AvgIpc) is 2.84. The number of aryl methyl sites for hydroxylation is 1. The monoisotopic (exact) mass is 352 g/mol. The number of benzene rings is 1. The molecule has 0 atom stereocenters. The van der Waals surface area contributed by atoms with Crippen molar-refractivity contribution < 1.29 is 4.39 Å². The van der Waals surface area contributed by atoms with Crippen molar-refractivity contribution in [1.29, 1.82) is 0 Å². The van der Waals surface area contributed by atoms with Crippen LogP contribution in [-0.4, -0.2) is 9.97 Å². The highest BCUT2D eigenvalue weighted by Gasteiger charge is 2.10. The summed E-state index contributed by atoms with van der Waals surface area (Å²) in [6.07, 6.45) is 0. The third-order valence-electron chi connectivity index (χ3n) is 2.86. The van der Waals surface area contributed by atoms with Gasteiger partial charge in [0.15, 0.2) is 0 Å². The second-order valence-electron chi connectivity index (χ2n) is 4.28. The number of hydrogen-bond donors (Lipinski definition) is 2. The average molecular weight is 353 g/mol. The second-order valence-corrected chi connectivity index (χ2v) is 6.02. The highest BCUT2D eigenvalue weighted by atomic mass is 79.9. The Hall–Kier alpha value is -1.73. The van der Waals surface area contributed by atoms with Gasteiger partial charge in [0.25, 0.3) is 0 Å².